The van der Waals surface area contributed by atoms with Crippen LogP contribution in [0.1, 0.15) is 27.2 Å². The first kappa shape index (κ1) is 13.8. The van der Waals surface area contributed by atoms with E-state index in [0.29, 0.717) is 31.3 Å². The Morgan fingerprint density at radius 3 is 2.00 bits per heavy atom. The first-order valence-electron chi connectivity index (χ1n) is 5.83. The number of halogens is 3. The average molecular weight is 238 g/mol. The van der Waals surface area contributed by atoms with E-state index in [-0.39, 0.29) is 0 Å². The van der Waals surface area contributed by atoms with E-state index in [1.807, 2.05) is 13.8 Å². The van der Waals surface area contributed by atoms with Crippen molar-refractivity contribution in [3.63, 3.8) is 0 Å². The van der Waals surface area contributed by atoms with Crippen molar-refractivity contribution in [2.75, 3.05) is 13.1 Å². The second-order valence-corrected chi connectivity index (χ2v) is 4.97. The summed E-state index contributed by atoms with van der Waals surface area (Å²) in [5.74, 6) is 0.628. The molecule has 0 aromatic rings. The number of hydrogen-bond acceptors (Lipinski definition) is 2. The summed E-state index contributed by atoms with van der Waals surface area (Å²) >= 11 is 0. The van der Waals surface area contributed by atoms with E-state index in [9.17, 15) is 13.2 Å². The smallest absolute Gasteiger partial charge is 0.326 e. The Labute approximate surface area is 95.0 Å². The summed E-state index contributed by atoms with van der Waals surface area (Å²) in [6.45, 7) is 6.69. The van der Waals surface area contributed by atoms with Crippen molar-refractivity contribution in [2.45, 2.75) is 45.5 Å². The van der Waals surface area contributed by atoms with Crippen molar-refractivity contribution in [3.8, 4) is 0 Å². The summed E-state index contributed by atoms with van der Waals surface area (Å²) in [5.41, 5.74) is 5.61. The van der Waals surface area contributed by atoms with E-state index in [1.165, 1.54) is 4.90 Å². The summed E-state index contributed by atoms with van der Waals surface area (Å²) in [4.78, 5) is 1.50. The van der Waals surface area contributed by atoms with Gasteiger partial charge in [0.25, 0.3) is 0 Å². The molecule has 16 heavy (non-hydrogen) atoms. The maximum Gasteiger partial charge on any atom is 0.405 e. The third-order valence-corrected chi connectivity index (χ3v) is 3.62. The van der Waals surface area contributed by atoms with Crippen LogP contribution in [0.2, 0.25) is 0 Å². The van der Waals surface area contributed by atoms with Gasteiger partial charge in [-0.1, -0.05) is 20.8 Å². The van der Waals surface area contributed by atoms with Crippen molar-refractivity contribution in [3.05, 3.63) is 0 Å². The normalized spacial score (nSPS) is 31.7. The van der Waals surface area contributed by atoms with Crippen molar-refractivity contribution in [1.29, 1.82) is 0 Å². The summed E-state index contributed by atoms with van der Waals surface area (Å²) in [6, 6.07) is -2.30. The van der Waals surface area contributed by atoms with Crippen LogP contribution in [0.25, 0.3) is 0 Å². The summed E-state index contributed by atoms with van der Waals surface area (Å²) in [7, 11) is 0. The SMILES string of the molecule is CCC(N)C(N1CC(C)C(C)C1)C(F)(F)F. The lowest BCUT2D eigenvalue weighted by atomic mass is 10.0. The van der Waals surface area contributed by atoms with Crippen molar-refractivity contribution in [2.24, 2.45) is 17.6 Å². The molecule has 1 aliphatic rings. The van der Waals surface area contributed by atoms with Gasteiger partial charge in [-0.2, -0.15) is 13.2 Å². The average Bonchev–Trinajstić information content (AvgIpc) is 2.44. The maximum atomic E-state index is 12.9. The molecule has 96 valence electrons. The van der Waals surface area contributed by atoms with Gasteiger partial charge in [0, 0.05) is 19.1 Å². The number of hydrogen-bond donors (Lipinski definition) is 1. The lowest BCUT2D eigenvalue weighted by Crippen LogP contribution is -2.55. The van der Waals surface area contributed by atoms with Gasteiger partial charge in [-0.15, -0.1) is 0 Å². The summed E-state index contributed by atoms with van der Waals surface area (Å²) in [5, 5.41) is 0. The molecule has 1 fully saturated rings. The van der Waals surface area contributed by atoms with E-state index < -0.39 is 18.3 Å². The van der Waals surface area contributed by atoms with Crippen molar-refractivity contribution >= 4 is 0 Å². The second-order valence-electron chi connectivity index (χ2n) is 4.97. The fourth-order valence-electron chi connectivity index (χ4n) is 2.35. The van der Waals surface area contributed by atoms with Crippen LogP contribution >= 0.6 is 0 Å². The molecular weight excluding hydrogens is 217 g/mol. The highest BCUT2D eigenvalue weighted by atomic mass is 19.4. The number of likely N-dealkylation sites (tertiary alicyclic amines) is 1. The molecule has 1 rings (SSSR count). The van der Waals surface area contributed by atoms with Gasteiger partial charge in [-0.05, 0) is 18.3 Å². The van der Waals surface area contributed by atoms with Crippen molar-refractivity contribution < 1.29 is 13.2 Å². The Morgan fingerprint density at radius 2 is 1.69 bits per heavy atom. The number of nitrogens with two attached hydrogens (primary N) is 1. The molecule has 1 saturated heterocycles. The van der Waals surface area contributed by atoms with Gasteiger partial charge >= 0.3 is 6.18 Å². The quantitative estimate of drug-likeness (QED) is 0.817. The molecule has 0 amide bonds. The first-order valence-corrected chi connectivity index (χ1v) is 5.83. The third-order valence-electron chi connectivity index (χ3n) is 3.62. The Bertz CT molecular complexity index is 220. The van der Waals surface area contributed by atoms with Gasteiger partial charge in [0.2, 0.25) is 0 Å². The first-order chi connectivity index (χ1) is 7.27. The Hall–Kier alpha value is -0.290. The van der Waals surface area contributed by atoms with Gasteiger partial charge in [0.15, 0.2) is 0 Å². The van der Waals surface area contributed by atoms with Crippen LogP contribution in [0.5, 0.6) is 0 Å². The lowest BCUT2D eigenvalue weighted by Gasteiger charge is -2.33. The Kier molecular flexibility index (Phi) is 4.23. The Balaban J connectivity index is 2.79. The predicted molar refractivity (Wildman–Crippen MR) is 58.0 cm³/mol. The zero-order chi connectivity index (χ0) is 12.5. The van der Waals surface area contributed by atoms with Crippen LogP contribution in [0.15, 0.2) is 0 Å². The van der Waals surface area contributed by atoms with Crippen LogP contribution in [-0.4, -0.2) is 36.2 Å². The minimum absolute atomic E-state index is 0.314. The molecule has 0 bridgehead atoms. The monoisotopic (exact) mass is 238 g/mol. The van der Waals surface area contributed by atoms with Crippen molar-refractivity contribution in [1.82, 2.24) is 4.90 Å². The summed E-state index contributed by atoms with van der Waals surface area (Å²) < 4.78 is 38.8. The minimum Gasteiger partial charge on any atom is -0.326 e. The molecule has 1 aliphatic heterocycles. The molecule has 0 aromatic carbocycles. The highest BCUT2D eigenvalue weighted by Gasteiger charge is 2.48. The van der Waals surface area contributed by atoms with Crippen LogP contribution in [0.4, 0.5) is 13.2 Å². The molecule has 0 saturated carbocycles. The molecule has 4 unspecified atom stereocenters. The van der Waals surface area contributed by atoms with E-state index in [0.717, 1.165) is 0 Å². The van der Waals surface area contributed by atoms with E-state index in [2.05, 4.69) is 0 Å². The topological polar surface area (TPSA) is 29.3 Å². The lowest BCUT2D eigenvalue weighted by molar-refractivity contribution is -0.187. The predicted octanol–water partition coefficient (Wildman–Crippen LogP) is 2.24. The van der Waals surface area contributed by atoms with E-state index in [1.54, 1.807) is 6.92 Å². The molecule has 4 atom stereocenters. The van der Waals surface area contributed by atoms with Gasteiger partial charge < -0.3 is 5.73 Å². The minimum atomic E-state index is -4.22. The van der Waals surface area contributed by atoms with Crippen LogP contribution in [-0.2, 0) is 0 Å². The fourth-order valence-corrected chi connectivity index (χ4v) is 2.35. The molecular formula is C11H21F3N2. The summed E-state index contributed by atoms with van der Waals surface area (Å²) in [6.07, 6.45) is -3.87. The molecule has 0 spiro atoms. The molecule has 5 heteroatoms. The second kappa shape index (κ2) is 4.92. The zero-order valence-electron chi connectivity index (χ0n) is 10.1. The number of rotatable bonds is 3. The number of nitrogens with zero attached hydrogens (tertiary/aromatic N) is 1. The molecule has 0 aliphatic carbocycles. The zero-order valence-corrected chi connectivity index (χ0v) is 10.1. The molecule has 0 radical (unpaired) electrons. The number of alkyl halides is 3. The van der Waals surface area contributed by atoms with Crippen LogP contribution in [0.3, 0.4) is 0 Å². The van der Waals surface area contributed by atoms with E-state index >= 15 is 0 Å². The molecule has 2 nitrogen and oxygen atoms in total. The van der Waals surface area contributed by atoms with E-state index in [4.69, 9.17) is 5.73 Å². The van der Waals surface area contributed by atoms with Gasteiger partial charge in [-0.3, -0.25) is 4.90 Å². The van der Waals surface area contributed by atoms with Gasteiger partial charge in [-0.25, -0.2) is 0 Å². The Morgan fingerprint density at radius 1 is 1.25 bits per heavy atom. The molecule has 2 N–H and O–H groups in total. The maximum absolute atomic E-state index is 12.9. The fraction of sp³-hybridized carbons (Fsp3) is 1.00. The molecule has 1 heterocycles. The largest absolute Gasteiger partial charge is 0.405 e. The third kappa shape index (κ3) is 2.88. The van der Waals surface area contributed by atoms with Gasteiger partial charge in [0.05, 0.1) is 0 Å². The van der Waals surface area contributed by atoms with Crippen LogP contribution < -0.4 is 5.73 Å². The van der Waals surface area contributed by atoms with Gasteiger partial charge in [0.1, 0.15) is 6.04 Å². The highest BCUT2D eigenvalue weighted by Crippen LogP contribution is 2.33. The standard InChI is InChI=1S/C11H21F3N2/c1-4-9(15)10(11(12,13)14)16-5-7(2)8(3)6-16/h7-10H,4-6,15H2,1-3H3. The van der Waals surface area contributed by atoms with Crippen LogP contribution in [0, 0.1) is 11.8 Å². The highest BCUT2D eigenvalue weighted by molar-refractivity contribution is 4.92. The molecule has 0 aromatic heterocycles.